The van der Waals surface area contributed by atoms with Gasteiger partial charge in [0.1, 0.15) is 0 Å². The molecule has 106 valence electrons. The van der Waals surface area contributed by atoms with Crippen LogP contribution in [0.4, 0.5) is 0 Å². The second-order valence-electron chi connectivity index (χ2n) is 5.31. The second kappa shape index (κ2) is 6.50. The molecule has 0 bridgehead atoms. The first kappa shape index (κ1) is 13.8. The van der Waals surface area contributed by atoms with Crippen LogP contribution in [0.2, 0.25) is 0 Å². The zero-order chi connectivity index (χ0) is 13.8. The maximum absolute atomic E-state index is 5.33. The van der Waals surface area contributed by atoms with Gasteiger partial charge in [-0.3, -0.25) is 0 Å². The Morgan fingerprint density at radius 1 is 1.40 bits per heavy atom. The number of halogens is 1. The van der Waals surface area contributed by atoms with E-state index in [1.54, 1.807) is 0 Å². The summed E-state index contributed by atoms with van der Waals surface area (Å²) in [7, 11) is 0. The summed E-state index contributed by atoms with van der Waals surface area (Å²) < 4.78 is 6.41. The van der Waals surface area contributed by atoms with Crippen LogP contribution in [0.1, 0.15) is 30.1 Å². The molecule has 2 aromatic rings. The zero-order valence-electron chi connectivity index (χ0n) is 11.3. The number of hydrogen-bond donors (Lipinski definition) is 1. The predicted molar refractivity (Wildman–Crippen MR) is 80.5 cm³/mol. The van der Waals surface area contributed by atoms with Crippen molar-refractivity contribution in [2.24, 2.45) is 5.92 Å². The number of nitrogens with zero attached hydrogens (tertiary/aromatic N) is 2. The Labute approximate surface area is 127 Å². The standard InChI is InChI=1S/C15H18BrN3O/c16-13-3-1-2-12(8-13)9-14-18-15(20-19-14)5-4-11-6-7-17-10-11/h1-3,8,11,17H,4-7,9-10H2. The minimum Gasteiger partial charge on any atom is -0.339 e. The zero-order valence-corrected chi connectivity index (χ0v) is 12.9. The second-order valence-corrected chi connectivity index (χ2v) is 6.22. The highest BCUT2D eigenvalue weighted by atomic mass is 79.9. The molecule has 4 nitrogen and oxygen atoms in total. The van der Waals surface area contributed by atoms with Crippen molar-refractivity contribution < 1.29 is 4.52 Å². The Morgan fingerprint density at radius 2 is 2.35 bits per heavy atom. The Kier molecular flexibility index (Phi) is 4.47. The first-order chi connectivity index (χ1) is 9.79. The Hall–Kier alpha value is -1.20. The molecule has 5 heteroatoms. The normalized spacial score (nSPS) is 18.6. The Bertz CT molecular complexity index is 564. The SMILES string of the molecule is Brc1cccc(Cc2noc(CCC3CCNC3)n2)c1. The van der Waals surface area contributed by atoms with E-state index in [2.05, 4.69) is 43.5 Å². The van der Waals surface area contributed by atoms with E-state index in [0.717, 1.165) is 48.0 Å². The quantitative estimate of drug-likeness (QED) is 0.912. The van der Waals surface area contributed by atoms with Crippen molar-refractivity contribution >= 4 is 15.9 Å². The summed E-state index contributed by atoms with van der Waals surface area (Å²) in [6.07, 6.45) is 4.00. The molecule has 1 atom stereocenters. The van der Waals surface area contributed by atoms with Crippen molar-refractivity contribution in [1.82, 2.24) is 15.5 Å². The van der Waals surface area contributed by atoms with Gasteiger partial charge in [-0.1, -0.05) is 33.2 Å². The van der Waals surface area contributed by atoms with Gasteiger partial charge in [-0.2, -0.15) is 4.98 Å². The van der Waals surface area contributed by atoms with E-state index in [9.17, 15) is 0 Å². The van der Waals surface area contributed by atoms with Gasteiger partial charge in [0, 0.05) is 17.3 Å². The minimum atomic E-state index is 0.716. The molecular weight excluding hydrogens is 318 g/mol. The number of aryl methyl sites for hydroxylation is 1. The first-order valence-corrected chi connectivity index (χ1v) is 7.85. The fourth-order valence-electron chi connectivity index (χ4n) is 2.58. The van der Waals surface area contributed by atoms with Crippen LogP contribution in [0.3, 0.4) is 0 Å². The smallest absolute Gasteiger partial charge is 0.226 e. The number of benzene rings is 1. The molecule has 2 heterocycles. The number of aromatic nitrogens is 2. The average molecular weight is 336 g/mol. The third-order valence-corrected chi connectivity index (χ3v) is 4.18. The summed E-state index contributed by atoms with van der Waals surface area (Å²) in [5.41, 5.74) is 1.19. The van der Waals surface area contributed by atoms with Gasteiger partial charge in [0.15, 0.2) is 5.82 Å². The van der Waals surface area contributed by atoms with E-state index in [1.165, 1.54) is 12.0 Å². The summed E-state index contributed by atoms with van der Waals surface area (Å²) in [6.45, 7) is 2.27. The van der Waals surface area contributed by atoms with Crippen LogP contribution in [-0.4, -0.2) is 23.2 Å². The molecule has 0 amide bonds. The van der Waals surface area contributed by atoms with Gasteiger partial charge in [0.2, 0.25) is 5.89 Å². The monoisotopic (exact) mass is 335 g/mol. The highest BCUT2D eigenvalue weighted by Gasteiger charge is 2.16. The van der Waals surface area contributed by atoms with E-state index in [0.29, 0.717) is 6.42 Å². The molecule has 1 aliphatic heterocycles. The topological polar surface area (TPSA) is 51.0 Å². The predicted octanol–water partition coefficient (Wildman–Crippen LogP) is 2.96. The molecule has 0 aliphatic carbocycles. The molecular formula is C15H18BrN3O. The van der Waals surface area contributed by atoms with Gasteiger partial charge >= 0.3 is 0 Å². The van der Waals surface area contributed by atoms with E-state index >= 15 is 0 Å². The van der Waals surface area contributed by atoms with Crippen molar-refractivity contribution in [2.45, 2.75) is 25.7 Å². The number of nitrogens with one attached hydrogen (secondary N) is 1. The van der Waals surface area contributed by atoms with Crippen LogP contribution in [0.25, 0.3) is 0 Å². The third kappa shape index (κ3) is 3.67. The lowest BCUT2D eigenvalue weighted by Crippen LogP contribution is -2.09. The van der Waals surface area contributed by atoms with Crippen LogP contribution in [-0.2, 0) is 12.8 Å². The van der Waals surface area contributed by atoms with Crippen LogP contribution < -0.4 is 5.32 Å². The maximum Gasteiger partial charge on any atom is 0.226 e. The number of hydrogen-bond acceptors (Lipinski definition) is 4. The average Bonchev–Trinajstić information content (AvgIpc) is 3.07. The van der Waals surface area contributed by atoms with Crippen molar-refractivity contribution in [3.05, 3.63) is 46.0 Å². The summed E-state index contributed by atoms with van der Waals surface area (Å²) in [4.78, 5) is 4.48. The van der Waals surface area contributed by atoms with Crippen molar-refractivity contribution in [3.63, 3.8) is 0 Å². The largest absolute Gasteiger partial charge is 0.339 e. The summed E-state index contributed by atoms with van der Waals surface area (Å²) in [5, 5.41) is 7.45. The maximum atomic E-state index is 5.33. The fraction of sp³-hybridized carbons (Fsp3) is 0.467. The molecule has 0 radical (unpaired) electrons. The first-order valence-electron chi connectivity index (χ1n) is 7.06. The molecule has 0 saturated carbocycles. The lowest BCUT2D eigenvalue weighted by atomic mass is 10.0. The molecule has 20 heavy (non-hydrogen) atoms. The van der Waals surface area contributed by atoms with Gasteiger partial charge in [-0.15, -0.1) is 0 Å². The van der Waals surface area contributed by atoms with E-state index in [-0.39, 0.29) is 0 Å². The fourth-order valence-corrected chi connectivity index (χ4v) is 3.03. The van der Waals surface area contributed by atoms with Gasteiger partial charge in [0.05, 0.1) is 0 Å². The summed E-state index contributed by atoms with van der Waals surface area (Å²) in [5.74, 6) is 2.29. The van der Waals surface area contributed by atoms with Gasteiger partial charge < -0.3 is 9.84 Å². The van der Waals surface area contributed by atoms with Gasteiger partial charge in [0.25, 0.3) is 0 Å². The van der Waals surface area contributed by atoms with Crippen LogP contribution in [0.15, 0.2) is 33.3 Å². The Morgan fingerprint density at radius 3 is 3.15 bits per heavy atom. The van der Waals surface area contributed by atoms with Crippen molar-refractivity contribution in [2.75, 3.05) is 13.1 Å². The van der Waals surface area contributed by atoms with Gasteiger partial charge in [-0.25, -0.2) is 0 Å². The molecule has 0 spiro atoms. The summed E-state index contributed by atoms with van der Waals surface area (Å²) in [6, 6.07) is 8.19. The van der Waals surface area contributed by atoms with Crippen molar-refractivity contribution in [1.29, 1.82) is 0 Å². The van der Waals surface area contributed by atoms with Crippen LogP contribution in [0.5, 0.6) is 0 Å². The summed E-state index contributed by atoms with van der Waals surface area (Å²) >= 11 is 3.47. The van der Waals surface area contributed by atoms with Crippen LogP contribution in [0, 0.1) is 5.92 Å². The molecule has 1 fully saturated rings. The van der Waals surface area contributed by atoms with Gasteiger partial charge in [-0.05, 0) is 49.5 Å². The molecule has 1 unspecified atom stereocenters. The lowest BCUT2D eigenvalue weighted by Gasteiger charge is -2.03. The molecule has 1 aliphatic rings. The molecule has 1 aromatic carbocycles. The Balaban J connectivity index is 1.56. The molecule has 1 aromatic heterocycles. The van der Waals surface area contributed by atoms with E-state index in [4.69, 9.17) is 4.52 Å². The molecule has 1 N–H and O–H groups in total. The molecule has 3 rings (SSSR count). The van der Waals surface area contributed by atoms with E-state index < -0.39 is 0 Å². The minimum absolute atomic E-state index is 0.716. The highest BCUT2D eigenvalue weighted by Crippen LogP contribution is 2.17. The van der Waals surface area contributed by atoms with Crippen LogP contribution >= 0.6 is 15.9 Å². The molecule has 1 saturated heterocycles. The highest BCUT2D eigenvalue weighted by molar-refractivity contribution is 9.10. The third-order valence-electron chi connectivity index (χ3n) is 3.69. The lowest BCUT2D eigenvalue weighted by molar-refractivity contribution is 0.361. The van der Waals surface area contributed by atoms with Crippen molar-refractivity contribution in [3.8, 4) is 0 Å². The number of rotatable bonds is 5. The van der Waals surface area contributed by atoms with E-state index in [1.807, 2.05) is 12.1 Å².